The molecule has 8 nitrogen and oxygen atoms in total. The van der Waals surface area contributed by atoms with Crippen LogP contribution in [0.1, 0.15) is 34.0 Å². The Labute approximate surface area is 131 Å². The molecule has 23 heavy (non-hydrogen) atoms. The summed E-state index contributed by atoms with van der Waals surface area (Å²) in [5, 5.41) is 21.5. The number of aromatic amines is 1. The molecule has 2 aromatic heterocycles. The second-order valence-corrected chi connectivity index (χ2v) is 5.41. The van der Waals surface area contributed by atoms with Gasteiger partial charge in [-0.1, -0.05) is 18.2 Å². The Balaban J connectivity index is 1.50. The van der Waals surface area contributed by atoms with Crippen LogP contribution in [0.3, 0.4) is 0 Å². The molecule has 2 heterocycles. The zero-order chi connectivity index (χ0) is 15.6. The molecule has 4 rings (SSSR count). The number of nitrogens with zero attached hydrogens (tertiary/aromatic N) is 5. The van der Waals surface area contributed by atoms with E-state index in [2.05, 4.69) is 31.0 Å². The molecule has 1 aliphatic carbocycles. The van der Waals surface area contributed by atoms with Gasteiger partial charge in [0, 0.05) is 11.3 Å². The lowest BCUT2D eigenvalue weighted by Gasteiger charge is -2.05. The molecule has 0 bridgehead atoms. The van der Waals surface area contributed by atoms with Crippen LogP contribution in [0, 0.1) is 0 Å². The van der Waals surface area contributed by atoms with Crippen LogP contribution in [-0.4, -0.2) is 36.3 Å². The SMILES string of the molecule is O=C(NCc1nnnn1-c1ccccc1)c1n[nH]c2c1CCC2. The van der Waals surface area contributed by atoms with Gasteiger partial charge in [0.25, 0.3) is 5.91 Å². The Kier molecular flexibility index (Phi) is 3.34. The van der Waals surface area contributed by atoms with E-state index in [0.717, 1.165) is 36.2 Å². The Bertz CT molecular complexity index is 837. The van der Waals surface area contributed by atoms with E-state index >= 15 is 0 Å². The van der Waals surface area contributed by atoms with E-state index in [-0.39, 0.29) is 12.5 Å². The Morgan fingerprint density at radius 2 is 2.13 bits per heavy atom. The molecule has 0 saturated heterocycles. The molecular weight excluding hydrogens is 294 g/mol. The lowest BCUT2D eigenvalue weighted by atomic mass is 10.2. The van der Waals surface area contributed by atoms with Crippen LogP contribution in [0.5, 0.6) is 0 Å². The number of fused-ring (bicyclic) bond motifs is 1. The van der Waals surface area contributed by atoms with E-state index in [1.165, 1.54) is 0 Å². The van der Waals surface area contributed by atoms with Gasteiger partial charge in [-0.25, -0.2) is 0 Å². The number of rotatable bonds is 4. The van der Waals surface area contributed by atoms with Crippen LogP contribution in [0.25, 0.3) is 5.69 Å². The molecule has 3 aromatic rings. The number of amides is 1. The number of tetrazole rings is 1. The summed E-state index contributed by atoms with van der Waals surface area (Å²) in [7, 11) is 0. The van der Waals surface area contributed by atoms with Gasteiger partial charge in [0.05, 0.1) is 12.2 Å². The maximum atomic E-state index is 12.3. The number of carbonyl (C=O) groups is 1. The minimum Gasteiger partial charge on any atom is -0.343 e. The molecule has 0 spiro atoms. The Morgan fingerprint density at radius 3 is 3.00 bits per heavy atom. The topological polar surface area (TPSA) is 101 Å². The molecule has 0 aliphatic heterocycles. The Morgan fingerprint density at radius 1 is 1.26 bits per heavy atom. The largest absolute Gasteiger partial charge is 0.343 e. The van der Waals surface area contributed by atoms with Gasteiger partial charge >= 0.3 is 0 Å². The van der Waals surface area contributed by atoms with Crippen LogP contribution in [0.2, 0.25) is 0 Å². The third kappa shape index (κ3) is 2.48. The summed E-state index contributed by atoms with van der Waals surface area (Å²) >= 11 is 0. The lowest BCUT2D eigenvalue weighted by molar-refractivity contribution is 0.0943. The van der Waals surface area contributed by atoms with Crippen LogP contribution in [-0.2, 0) is 19.4 Å². The van der Waals surface area contributed by atoms with E-state index in [0.29, 0.717) is 11.5 Å². The third-order valence-electron chi connectivity index (χ3n) is 3.96. The highest BCUT2D eigenvalue weighted by atomic mass is 16.1. The maximum absolute atomic E-state index is 12.3. The first kappa shape index (κ1) is 13.6. The molecule has 1 aliphatic rings. The predicted molar refractivity (Wildman–Crippen MR) is 80.9 cm³/mol. The van der Waals surface area contributed by atoms with E-state index in [1.807, 2.05) is 30.3 Å². The Hall–Kier alpha value is -3.03. The van der Waals surface area contributed by atoms with Crippen molar-refractivity contribution < 1.29 is 4.79 Å². The van der Waals surface area contributed by atoms with Gasteiger partial charge in [-0.15, -0.1) is 5.10 Å². The quantitative estimate of drug-likeness (QED) is 0.742. The summed E-state index contributed by atoms with van der Waals surface area (Å²) in [5.74, 6) is 0.365. The highest BCUT2D eigenvalue weighted by Gasteiger charge is 2.23. The number of aryl methyl sites for hydroxylation is 1. The summed E-state index contributed by atoms with van der Waals surface area (Å²) in [5.41, 5.74) is 3.44. The van der Waals surface area contributed by atoms with Gasteiger partial charge in [0.2, 0.25) is 0 Å². The second-order valence-electron chi connectivity index (χ2n) is 5.41. The standard InChI is InChI=1S/C15H15N7O/c23-15(14-11-7-4-8-12(11)17-19-14)16-9-13-18-20-21-22(13)10-5-2-1-3-6-10/h1-3,5-6H,4,7-9H2,(H,16,23)(H,17,19). The average molecular weight is 309 g/mol. The van der Waals surface area contributed by atoms with Crippen molar-refractivity contribution in [2.24, 2.45) is 0 Å². The first-order valence-electron chi connectivity index (χ1n) is 7.50. The molecule has 8 heteroatoms. The molecule has 0 fully saturated rings. The number of H-pyrrole nitrogens is 1. The highest BCUT2D eigenvalue weighted by Crippen LogP contribution is 2.22. The van der Waals surface area contributed by atoms with Crippen molar-refractivity contribution in [2.45, 2.75) is 25.8 Å². The van der Waals surface area contributed by atoms with E-state index in [4.69, 9.17) is 0 Å². The number of nitrogens with one attached hydrogen (secondary N) is 2. The van der Waals surface area contributed by atoms with Crippen LogP contribution >= 0.6 is 0 Å². The minimum atomic E-state index is -0.202. The number of benzene rings is 1. The fraction of sp³-hybridized carbons (Fsp3) is 0.267. The van der Waals surface area contributed by atoms with E-state index < -0.39 is 0 Å². The first-order valence-corrected chi connectivity index (χ1v) is 7.50. The van der Waals surface area contributed by atoms with Gasteiger partial charge in [-0.2, -0.15) is 9.78 Å². The molecule has 0 atom stereocenters. The van der Waals surface area contributed by atoms with Crippen LogP contribution < -0.4 is 5.32 Å². The maximum Gasteiger partial charge on any atom is 0.272 e. The molecular formula is C15H15N7O. The zero-order valence-electron chi connectivity index (χ0n) is 12.4. The smallest absolute Gasteiger partial charge is 0.272 e. The van der Waals surface area contributed by atoms with Crippen molar-refractivity contribution in [1.82, 2.24) is 35.7 Å². The molecule has 0 saturated carbocycles. The van der Waals surface area contributed by atoms with Crippen LogP contribution in [0.4, 0.5) is 0 Å². The fourth-order valence-corrected chi connectivity index (χ4v) is 2.84. The number of aromatic nitrogens is 6. The van der Waals surface area contributed by atoms with E-state index in [9.17, 15) is 4.79 Å². The first-order chi connectivity index (χ1) is 11.3. The minimum absolute atomic E-state index is 0.202. The van der Waals surface area contributed by atoms with Crippen LogP contribution in [0.15, 0.2) is 30.3 Å². The summed E-state index contributed by atoms with van der Waals surface area (Å²) in [6, 6.07) is 9.55. The fourth-order valence-electron chi connectivity index (χ4n) is 2.84. The van der Waals surface area contributed by atoms with Gasteiger partial charge in [-0.05, 0) is 41.8 Å². The van der Waals surface area contributed by atoms with E-state index in [1.54, 1.807) is 4.68 Å². The van der Waals surface area contributed by atoms with Gasteiger partial charge in [-0.3, -0.25) is 9.89 Å². The normalized spacial score (nSPS) is 13.0. The molecule has 1 aromatic carbocycles. The number of para-hydroxylation sites is 1. The molecule has 0 unspecified atom stereocenters. The summed E-state index contributed by atoms with van der Waals surface area (Å²) in [4.78, 5) is 12.3. The third-order valence-corrected chi connectivity index (χ3v) is 3.96. The average Bonchev–Trinajstić information content (AvgIpc) is 3.29. The van der Waals surface area contributed by atoms with Gasteiger partial charge in [0.15, 0.2) is 11.5 Å². The lowest BCUT2D eigenvalue weighted by Crippen LogP contribution is -2.26. The number of carbonyl (C=O) groups excluding carboxylic acids is 1. The molecule has 116 valence electrons. The molecule has 2 N–H and O–H groups in total. The molecule has 0 radical (unpaired) electrons. The van der Waals surface area contributed by atoms with Crippen molar-refractivity contribution in [1.29, 1.82) is 0 Å². The van der Waals surface area contributed by atoms with Gasteiger partial charge < -0.3 is 5.32 Å². The number of hydrogen-bond donors (Lipinski definition) is 2. The summed E-state index contributed by atoms with van der Waals surface area (Å²) in [6.07, 6.45) is 2.93. The van der Waals surface area contributed by atoms with Crippen molar-refractivity contribution in [3.05, 3.63) is 53.1 Å². The summed E-state index contributed by atoms with van der Waals surface area (Å²) in [6.45, 7) is 0.238. The predicted octanol–water partition coefficient (Wildman–Crippen LogP) is 0.804. The van der Waals surface area contributed by atoms with Crippen molar-refractivity contribution in [3.63, 3.8) is 0 Å². The van der Waals surface area contributed by atoms with Crippen molar-refractivity contribution >= 4 is 5.91 Å². The second kappa shape index (κ2) is 5.64. The van der Waals surface area contributed by atoms with Crippen molar-refractivity contribution in [2.75, 3.05) is 0 Å². The number of hydrogen-bond acceptors (Lipinski definition) is 5. The molecule has 1 amide bonds. The highest BCUT2D eigenvalue weighted by molar-refractivity contribution is 5.94. The van der Waals surface area contributed by atoms with Gasteiger partial charge in [0.1, 0.15) is 0 Å². The zero-order valence-corrected chi connectivity index (χ0v) is 12.4. The summed E-state index contributed by atoms with van der Waals surface area (Å²) < 4.78 is 1.61. The monoisotopic (exact) mass is 309 g/mol. The van der Waals surface area contributed by atoms with Crippen molar-refractivity contribution in [3.8, 4) is 5.69 Å².